The number of hydrogen-bond acceptors (Lipinski definition) is 3. The highest BCUT2D eigenvalue weighted by molar-refractivity contribution is 7.00. The van der Waals surface area contributed by atoms with E-state index in [-0.39, 0.29) is 50.2 Å². The molecule has 3 aliphatic carbocycles. The van der Waals surface area contributed by atoms with Gasteiger partial charge in [0.05, 0.1) is 5.54 Å². The van der Waals surface area contributed by atoms with Crippen LogP contribution in [0.2, 0.25) is 0 Å². The van der Waals surface area contributed by atoms with E-state index in [0.29, 0.717) is 0 Å². The fourth-order valence-corrected chi connectivity index (χ4v) is 15.1. The van der Waals surface area contributed by atoms with E-state index in [9.17, 15) is 0 Å². The molecule has 1 fully saturated rings. The van der Waals surface area contributed by atoms with Crippen molar-refractivity contribution in [2.75, 3.05) is 14.7 Å². The van der Waals surface area contributed by atoms with Crippen molar-refractivity contribution in [3.05, 3.63) is 148 Å². The predicted molar refractivity (Wildman–Crippen MR) is 311 cm³/mol. The number of benzene rings is 6. The van der Waals surface area contributed by atoms with Crippen LogP contribution in [-0.2, 0) is 37.9 Å². The second kappa shape index (κ2) is 15.2. The highest BCUT2D eigenvalue weighted by Gasteiger charge is 2.58. The quantitative estimate of drug-likeness (QED) is 0.163. The normalized spacial score (nSPS) is 23.8. The Hall–Kier alpha value is -5.22. The number of hydrogen-bond donors (Lipinski definition) is 0. The minimum atomic E-state index is -0.101. The molecule has 3 nitrogen and oxygen atoms in total. The van der Waals surface area contributed by atoms with Gasteiger partial charge in [-0.05, 0) is 188 Å². The summed E-state index contributed by atoms with van der Waals surface area (Å²) in [5.41, 5.74) is 25.2. The predicted octanol–water partition coefficient (Wildman–Crippen LogP) is 16.8. The van der Waals surface area contributed by atoms with Crippen LogP contribution in [0.25, 0.3) is 0 Å². The summed E-state index contributed by atoms with van der Waals surface area (Å²) in [5, 5.41) is 0. The summed E-state index contributed by atoms with van der Waals surface area (Å²) in [4.78, 5) is 8.28. The minimum Gasteiger partial charge on any atom is -0.334 e. The van der Waals surface area contributed by atoms with Crippen molar-refractivity contribution in [2.45, 2.75) is 206 Å². The topological polar surface area (TPSA) is 9.72 Å². The van der Waals surface area contributed by atoms with Gasteiger partial charge in [0, 0.05) is 50.9 Å². The molecule has 4 heteroatoms. The Labute approximate surface area is 434 Å². The number of nitrogens with zero attached hydrogens (tertiary/aromatic N) is 3. The van der Waals surface area contributed by atoms with Crippen LogP contribution in [0.3, 0.4) is 0 Å². The van der Waals surface area contributed by atoms with Crippen LogP contribution in [0.5, 0.6) is 0 Å². The fourth-order valence-electron chi connectivity index (χ4n) is 15.1. The van der Waals surface area contributed by atoms with Gasteiger partial charge in [-0.2, -0.15) is 0 Å². The van der Waals surface area contributed by atoms with Crippen molar-refractivity contribution >= 4 is 68.6 Å². The summed E-state index contributed by atoms with van der Waals surface area (Å²) in [6, 6.07) is 44.9. The van der Waals surface area contributed by atoms with E-state index in [0.717, 1.165) is 6.42 Å². The SMILES string of the molecule is CC(C)(C)c1ccc(N2c3cc4c(cc3B3c5cc6c(cc5N(c5ccc(C(C)(C)C)cc5)c5cc(N7c8ccccc8C8(C)CCCCC78C)cc2c53)C(C)(C)CCC6(C)C)C(C)(C)CCC4(C)C)cc1. The Morgan fingerprint density at radius 3 is 1.22 bits per heavy atom. The average Bonchev–Trinajstić information content (AvgIpc) is 3.53. The summed E-state index contributed by atoms with van der Waals surface area (Å²) in [6.07, 6.45) is 9.58. The van der Waals surface area contributed by atoms with Crippen LogP contribution >= 0.6 is 0 Å². The first-order chi connectivity index (χ1) is 33.7. The second-order valence-corrected chi connectivity index (χ2v) is 28.7. The largest absolute Gasteiger partial charge is 0.334 e. The van der Waals surface area contributed by atoms with Crippen LogP contribution in [0.4, 0.5) is 45.5 Å². The Bertz CT molecular complexity index is 3040. The maximum absolute atomic E-state index is 2.83. The molecule has 0 spiro atoms. The first-order valence-corrected chi connectivity index (χ1v) is 27.9. The monoisotopic (exact) mass is 952 g/mol. The van der Waals surface area contributed by atoms with Gasteiger partial charge in [-0.3, -0.25) is 0 Å². The number of rotatable bonds is 3. The summed E-state index contributed by atoms with van der Waals surface area (Å²) >= 11 is 0. The van der Waals surface area contributed by atoms with E-state index in [1.54, 1.807) is 0 Å². The molecule has 1 saturated carbocycles. The summed E-state index contributed by atoms with van der Waals surface area (Å²) in [6.45, 7) is 39.3. The van der Waals surface area contributed by atoms with Crippen LogP contribution in [0.1, 0.15) is 201 Å². The van der Waals surface area contributed by atoms with Gasteiger partial charge in [0.2, 0.25) is 0 Å². The van der Waals surface area contributed by atoms with Gasteiger partial charge in [-0.25, -0.2) is 0 Å². The molecular weight excluding hydrogens is 870 g/mol. The third kappa shape index (κ3) is 6.74. The van der Waals surface area contributed by atoms with Crippen molar-refractivity contribution in [1.82, 2.24) is 0 Å². The van der Waals surface area contributed by atoms with E-state index in [1.165, 1.54) is 146 Å². The third-order valence-electron chi connectivity index (χ3n) is 20.2. The standard InChI is InChI=1S/C68H82BN3/c1-61(2,3)43-23-27-45(28-24-43)70-56-41-51-49(63(7,8)33-35-65(51,11)12)39-53(56)69-54-40-50-52(66(13,14)36-34-64(50,9)10)42-57(54)71(46-29-25-44(26-30-46)62(4,5)6)59-38-47(37-58(70)60(59)69)72-55-22-18-17-21-48(55)67(15)31-19-20-32-68(67,72)16/h17-18,21-30,37-42H,19-20,31-36H2,1-16H3. The highest BCUT2D eigenvalue weighted by Crippen LogP contribution is 2.62. The zero-order valence-corrected chi connectivity index (χ0v) is 47.0. The lowest BCUT2D eigenvalue weighted by molar-refractivity contribution is 0.195. The number of para-hydroxylation sites is 1. The molecule has 12 rings (SSSR count). The van der Waals surface area contributed by atoms with Crippen LogP contribution < -0.4 is 31.1 Å². The number of anilines is 8. The average molecular weight is 952 g/mol. The van der Waals surface area contributed by atoms with E-state index < -0.39 is 0 Å². The van der Waals surface area contributed by atoms with Crippen molar-refractivity contribution in [1.29, 1.82) is 0 Å². The molecular formula is C68H82BN3. The van der Waals surface area contributed by atoms with E-state index >= 15 is 0 Å². The third-order valence-corrected chi connectivity index (χ3v) is 20.2. The van der Waals surface area contributed by atoms with Crippen molar-refractivity contribution in [2.24, 2.45) is 0 Å². The Kier molecular flexibility index (Phi) is 10.1. The van der Waals surface area contributed by atoms with Gasteiger partial charge in [0.15, 0.2) is 0 Å². The molecule has 6 aromatic carbocycles. The van der Waals surface area contributed by atoms with Gasteiger partial charge in [-0.15, -0.1) is 0 Å². The Morgan fingerprint density at radius 1 is 0.389 bits per heavy atom. The maximum Gasteiger partial charge on any atom is 0.252 e. The molecule has 0 radical (unpaired) electrons. The van der Waals surface area contributed by atoms with Gasteiger partial charge in [0.25, 0.3) is 6.71 Å². The molecule has 372 valence electrons. The molecule has 72 heavy (non-hydrogen) atoms. The molecule has 6 aromatic rings. The molecule has 2 atom stereocenters. The highest BCUT2D eigenvalue weighted by atomic mass is 15.3. The lowest BCUT2D eigenvalue weighted by Crippen LogP contribution is -2.62. The molecule has 3 aliphatic heterocycles. The van der Waals surface area contributed by atoms with Crippen LogP contribution in [0.15, 0.2) is 109 Å². The molecule has 0 N–H and O–H groups in total. The minimum absolute atomic E-state index is 0.0244. The lowest BCUT2D eigenvalue weighted by Gasteiger charge is -2.51. The molecule has 0 saturated heterocycles. The van der Waals surface area contributed by atoms with Gasteiger partial charge >= 0.3 is 0 Å². The van der Waals surface area contributed by atoms with Gasteiger partial charge in [-0.1, -0.05) is 171 Å². The molecule has 3 heterocycles. The van der Waals surface area contributed by atoms with Crippen molar-refractivity contribution in [3.63, 3.8) is 0 Å². The van der Waals surface area contributed by atoms with Gasteiger partial charge < -0.3 is 14.7 Å². The Balaban J connectivity index is 1.24. The van der Waals surface area contributed by atoms with Crippen molar-refractivity contribution < 1.29 is 0 Å². The van der Waals surface area contributed by atoms with Crippen molar-refractivity contribution in [3.8, 4) is 0 Å². The maximum atomic E-state index is 2.83. The van der Waals surface area contributed by atoms with Crippen LogP contribution in [-0.4, -0.2) is 12.3 Å². The smallest absolute Gasteiger partial charge is 0.252 e. The summed E-state index contributed by atoms with van der Waals surface area (Å²) in [7, 11) is 0. The van der Waals surface area contributed by atoms with E-state index in [2.05, 4.69) is 235 Å². The molecule has 0 aromatic heterocycles. The van der Waals surface area contributed by atoms with E-state index in [4.69, 9.17) is 0 Å². The first-order valence-electron chi connectivity index (χ1n) is 27.9. The molecule has 2 unspecified atom stereocenters. The summed E-state index contributed by atoms with van der Waals surface area (Å²) in [5.74, 6) is 0. The van der Waals surface area contributed by atoms with E-state index in [1.807, 2.05) is 0 Å². The number of fused-ring (bicyclic) bond motifs is 9. The van der Waals surface area contributed by atoms with Gasteiger partial charge in [0.1, 0.15) is 0 Å². The Morgan fingerprint density at radius 2 is 0.792 bits per heavy atom. The second-order valence-electron chi connectivity index (χ2n) is 28.7. The molecule has 0 amide bonds. The lowest BCUT2D eigenvalue weighted by atomic mass is 9.32. The van der Waals surface area contributed by atoms with Crippen LogP contribution in [0, 0.1) is 0 Å². The molecule has 6 aliphatic rings. The first kappa shape index (κ1) is 47.8. The molecule has 0 bridgehead atoms. The fraction of sp³-hybridized carbons (Fsp3) is 0.471. The zero-order valence-electron chi connectivity index (χ0n) is 47.0. The zero-order chi connectivity index (χ0) is 51.1. The summed E-state index contributed by atoms with van der Waals surface area (Å²) < 4.78 is 0.